The molecule has 0 aliphatic carbocycles. The molecule has 4 atom stereocenters. The van der Waals surface area contributed by atoms with E-state index in [1.54, 1.807) is 80.8 Å². The van der Waals surface area contributed by atoms with Crippen molar-refractivity contribution in [3.63, 3.8) is 0 Å². The molecule has 2 N–H and O–H groups in total. The monoisotopic (exact) mass is 1170 g/mol. The number of likely N-dealkylation sites (tertiary alicyclic amines) is 1. The smallest absolute Gasteiger partial charge is 0.329 e. The summed E-state index contributed by atoms with van der Waals surface area (Å²) in [5.41, 5.74) is 5.88. The van der Waals surface area contributed by atoms with Gasteiger partial charge in [-0.25, -0.2) is 4.79 Å². The largest absolute Gasteiger partial charge is 0.496 e. The van der Waals surface area contributed by atoms with Crippen LogP contribution in [0.15, 0.2) is 95.2 Å². The molecule has 21 heteroatoms. The van der Waals surface area contributed by atoms with Gasteiger partial charge in [0.2, 0.25) is 23.5 Å². The van der Waals surface area contributed by atoms with Gasteiger partial charge in [-0.05, 0) is 118 Å². The predicted molar refractivity (Wildman–Crippen MR) is 312 cm³/mol. The first-order valence-corrected chi connectivity index (χ1v) is 28.5. The van der Waals surface area contributed by atoms with Gasteiger partial charge >= 0.3 is 5.97 Å². The van der Waals surface area contributed by atoms with Crippen molar-refractivity contribution in [3.05, 3.63) is 124 Å². The Morgan fingerprint density at radius 2 is 1.47 bits per heavy atom. The quantitative estimate of drug-likeness (QED) is 0.0215. The van der Waals surface area contributed by atoms with E-state index in [0.29, 0.717) is 84.0 Å². The molecule has 0 bridgehead atoms. The zero-order valence-corrected chi connectivity index (χ0v) is 49.4. The number of aryl methyl sites for hydroxylation is 3. The number of ether oxygens (including phenoxy) is 8. The molecule has 3 aliphatic rings. The second-order valence-corrected chi connectivity index (χ2v) is 21.0. The van der Waals surface area contributed by atoms with Gasteiger partial charge in [0.25, 0.3) is 11.8 Å². The van der Waals surface area contributed by atoms with E-state index < -0.39 is 41.9 Å². The average Bonchev–Trinajstić information content (AvgIpc) is 2.74. The fraction of sp³-hybridized carbons (Fsp3) is 0.422. The lowest BCUT2D eigenvalue weighted by atomic mass is 9.90. The maximum absolute atomic E-state index is 14.6. The molecule has 0 saturated carbocycles. The summed E-state index contributed by atoms with van der Waals surface area (Å²) in [7, 11) is 7.60. The average molecular weight is 1170 g/mol. The number of carbonyl (C=O) groups is 7. The van der Waals surface area contributed by atoms with E-state index in [1.165, 1.54) is 19.1 Å². The maximum atomic E-state index is 14.6. The lowest BCUT2D eigenvalue weighted by molar-refractivity contribution is -0.162. The number of nitrogens with one attached hydrogen (secondary N) is 2. The highest BCUT2D eigenvalue weighted by molar-refractivity contribution is 6.06. The molecule has 450 valence electrons. The van der Waals surface area contributed by atoms with E-state index in [4.69, 9.17) is 37.9 Å². The van der Waals surface area contributed by atoms with E-state index in [2.05, 4.69) is 20.9 Å². The molecule has 0 spiro atoms. The number of imide groups is 1. The Balaban J connectivity index is 0.869. The highest BCUT2D eigenvalue weighted by Gasteiger charge is 2.41. The summed E-state index contributed by atoms with van der Waals surface area (Å²) in [4.78, 5) is 96.4. The number of Topliss-reactive ketones (excluding diaryl/α,β-unsaturated/α-hetero) is 1. The number of azo groups is 1. The van der Waals surface area contributed by atoms with Crippen LogP contribution in [0.1, 0.15) is 120 Å². The Labute approximate surface area is 494 Å². The fourth-order valence-corrected chi connectivity index (χ4v) is 11.2. The molecule has 5 aromatic carbocycles. The number of ketones is 1. The number of esters is 1. The first kappa shape index (κ1) is 62.0. The number of rotatable bonds is 27. The molecule has 3 aliphatic heterocycles. The van der Waals surface area contributed by atoms with Crippen LogP contribution in [-0.4, -0.2) is 125 Å². The fourth-order valence-electron chi connectivity index (χ4n) is 11.2. The zero-order chi connectivity index (χ0) is 60.7. The number of fused-ring (bicyclic) bond motifs is 1. The summed E-state index contributed by atoms with van der Waals surface area (Å²) >= 11 is 0. The Bertz CT molecular complexity index is 3280. The molecule has 2 saturated heterocycles. The second-order valence-electron chi connectivity index (χ2n) is 21.0. The van der Waals surface area contributed by atoms with Crippen LogP contribution in [0.4, 0.5) is 11.4 Å². The number of hydrogen-bond acceptors (Lipinski definition) is 17. The lowest BCUT2D eigenvalue weighted by Crippen LogP contribution is -2.52. The van der Waals surface area contributed by atoms with Gasteiger partial charge in [0.15, 0.2) is 35.4 Å². The molecule has 8 rings (SSSR count). The van der Waals surface area contributed by atoms with Gasteiger partial charge in [-0.1, -0.05) is 49.4 Å². The number of piperidine rings is 2. The molecular weight excluding hydrogens is 1090 g/mol. The van der Waals surface area contributed by atoms with Crippen molar-refractivity contribution < 1.29 is 71.5 Å². The normalized spacial score (nSPS) is 16.4. The van der Waals surface area contributed by atoms with Gasteiger partial charge in [0, 0.05) is 61.3 Å². The highest BCUT2D eigenvalue weighted by Crippen LogP contribution is 2.43. The number of carbonyl (C=O) groups excluding carboxylic acids is 7. The molecule has 3 heterocycles. The van der Waals surface area contributed by atoms with Crippen molar-refractivity contribution in [2.45, 2.75) is 116 Å². The summed E-state index contributed by atoms with van der Waals surface area (Å²) in [6, 6.07) is 23.2. The van der Waals surface area contributed by atoms with Crippen molar-refractivity contribution in [1.82, 2.24) is 20.4 Å². The zero-order valence-electron chi connectivity index (χ0n) is 49.4. The third-order valence-corrected chi connectivity index (χ3v) is 15.5. The van der Waals surface area contributed by atoms with Gasteiger partial charge in [0.1, 0.15) is 36.3 Å². The number of benzene rings is 5. The van der Waals surface area contributed by atoms with Crippen molar-refractivity contribution in [1.29, 1.82) is 0 Å². The van der Waals surface area contributed by atoms with Crippen LogP contribution >= 0.6 is 0 Å². The molecule has 2 fully saturated rings. The van der Waals surface area contributed by atoms with Crippen molar-refractivity contribution >= 4 is 52.7 Å². The summed E-state index contributed by atoms with van der Waals surface area (Å²) in [6.45, 7) is 5.88. The Kier molecular flexibility index (Phi) is 21.2. The van der Waals surface area contributed by atoms with Crippen molar-refractivity contribution in [3.8, 4) is 40.2 Å². The van der Waals surface area contributed by atoms with E-state index in [1.807, 2.05) is 51.1 Å². The molecule has 1 unspecified atom stereocenters. The number of hydrogen-bond donors (Lipinski definition) is 2. The summed E-state index contributed by atoms with van der Waals surface area (Å²) in [5, 5.41) is 13.9. The first-order valence-electron chi connectivity index (χ1n) is 28.5. The number of para-hydroxylation sites is 1. The third-order valence-electron chi connectivity index (χ3n) is 15.5. The Hall–Kier alpha value is -9.01. The minimum atomic E-state index is -0.845. The third kappa shape index (κ3) is 14.9. The van der Waals surface area contributed by atoms with Crippen LogP contribution in [0.5, 0.6) is 40.2 Å². The van der Waals surface area contributed by atoms with E-state index in [9.17, 15) is 33.6 Å². The first-order chi connectivity index (χ1) is 41.1. The van der Waals surface area contributed by atoms with Crippen molar-refractivity contribution in [2.24, 2.45) is 10.2 Å². The Morgan fingerprint density at radius 1 is 0.741 bits per heavy atom. The van der Waals surface area contributed by atoms with Gasteiger partial charge in [-0.3, -0.25) is 34.1 Å². The Morgan fingerprint density at radius 3 is 2.16 bits per heavy atom. The van der Waals surface area contributed by atoms with Crippen molar-refractivity contribution in [2.75, 3.05) is 61.9 Å². The standard InChI is InChI=1S/C64H74N6O15/c1-9-44(41-30-38(2)59(82-8)39(3)31-41)62(75)69-29-13-12-20-50(69)64(77)85-52(25-22-40-23-26-53(78-4)54(32-40)79-5)46-17-10-11-21-51(46)83-37-58(73)65-28-15-16-43(71)36-84-60-55(80-6)33-42(34-56(60)81-7)67-68-48-19-14-18-45-47(48)35-70(63(45)76)49-24-27-57(72)66-61(49)74/h10-11,14,17-19,21,23,26,30-34,44,49-50,52H,9,12-13,15-16,20,22,24-25,27-29,35-37H2,1-8H3,(H,65,73)(H,66,72,74)/t44-,49?,50-,52+/m0/s1. The van der Waals surface area contributed by atoms with E-state index >= 15 is 0 Å². The van der Waals surface area contributed by atoms with Gasteiger partial charge in [-0.15, -0.1) is 0 Å². The van der Waals surface area contributed by atoms with Crippen LogP contribution in [0.25, 0.3) is 0 Å². The number of amides is 5. The van der Waals surface area contributed by atoms with E-state index in [0.717, 1.165) is 40.8 Å². The van der Waals surface area contributed by atoms with Crippen LogP contribution in [0.2, 0.25) is 0 Å². The maximum Gasteiger partial charge on any atom is 0.329 e. The van der Waals surface area contributed by atoms with Crippen LogP contribution in [0.3, 0.4) is 0 Å². The minimum absolute atomic E-state index is 0.0723. The van der Waals surface area contributed by atoms with Gasteiger partial charge in [-0.2, -0.15) is 10.2 Å². The molecule has 5 aromatic rings. The molecule has 0 radical (unpaired) electrons. The molecular formula is C64H74N6O15. The topological polar surface area (TPSA) is 249 Å². The van der Waals surface area contributed by atoms with E-state index in [-0.39, 0.29) is 86.3 Å². The van der Waals surface area contributed by atoms with Crippen LogP contribution < -0.4 is 43.8 Å². The number of nitrogens with zero attached hydrogens (tertiary/aromatic N) is 4. The molecule has 85 heavy (non-hydrogen) atoms. The molecule has 5 amide bonds. The second kappa shape index (κ2) is 29.0. The summed E-state index contributed by atoms with van der Waals surface area (Å²) in [5.74, 6) is -0.227. The predicted octanol–water partition coefficient (Wildman–Crippen LogP) is 9.24. The summed E-state index contributed by atoms with van der Waals surface area (Å²) in [6.07, 6.45) is 3.13. The molecule has 0 aromatic heterocycles. The minimum Gasteiger partial charge on any atom is -0.496 e. The van der Waals surface area contributed by atoms with Crippen LogP contribution in [0, 0.1) is 13.8 Å². The SMILES string of the molecule is CC[C@H](C(=O)N1CCCC[C@H]1C(=O)O[C@H](CCc1ccc(OC)c(OC)c1)c1ccccc1OCC(=O)NCCCC(=O)COc1c(OC)cc(N=Nc2cccc3c2CN(C2CCC(=O)NC2=O)C3=O)cc1OC)c1cc(C)c(OC)c(C)c1. The summed E-state index contributed by atoms with van der Waals surface area (Å²) < 4.78 is 46.4. The van der Waals surface area contributed by atoms with Gasteiger partial charge in [0.05, 0.1) is 52.8 Å². The number of methoxy groups -OCH3 is 5. The highest BCUT2D eigenvalue weighted by atomic mass is 16.6. The van der Waals surface area contributed by atoms with Crippen LogP contribution in [-0.2, 0) is 46.5 Å². The lowest BCUT2D eigenvalue weighted by Gasteiger charge is -2.37. The van der Waals surface area contributed by atoms with Gasteiger partial charge < -0.3 is 53.0 Å². The molecule has 21 nitrogen and oxygen atoms in total.